The van der Waals surface area contributed by atoms with Gasteiger partial charge in [-0.05, 0) is 51.0 Å². The summed E-state index contributed by atoms with van der Waals surface area (Å²) >= 11 is 0. The predicted octanol–water partition coefficient (Wildman–Crippen LogP) is 4.37. The van der Waals surface area contributed by atoms with Gasteiger partial charge in [0.2, 0.25) is 0 Å². The van der Waals surface area contributed by atoms with E-state index in [0.29, 0.717) is 12.0 Å². The third-order valence-electron chi connectivity index (χ3n) is 5.37. The van der Waals surface area contributed by atoms with E-state index in [2.05, 4.69) is 24.4 Å². The zero-order valence-corrected chi connectivity index (χ0v) is 15.6. The van der Waals surface area contributed by atoms with E-state index in [4.69, 9.17) is 5.41 Å². The summed E-state index contributed by atoms with van der Waals surface area (Å²) in [4.78, 5) is 15.1. The Morgan fingerprint density at radius 2 is 1.85 bits per heavy atom. The number of Topliss-reactive ketones (excluding diaryl/α,β-unsaturated/α-hetero) is 1. The highest BCUT2D eigenvalue weighted by Crippen LogP contribution is 2.40. The number of carbonyl (C=O) groups excluding carboxylic acids is 1. The molecular weight excluding hydrogens is 322 g/mol. The van der Waals surface area contributed by atoms with Crippen molar-refractivity contribution < 1.29 is 4.79 Å². The van der Waals surface area contributed by atoms with Gasteiger partial charge in [-0.2, -0.15) is 0 Å². The monoisotopic (exact) mass is 345 g/mol. The van der Waals surface area contributed by atoms with Gasteiger partial charge in [0.05, 0.1) is 5.57 Å². The van der Waals surface area contributed by atoms with Crippen LogP contribution >= 0.6 is 0 Å². The van der Waals surface area contributed by atoms with Crippen LogP contribution in [-0.2, 0) is 11.2 Å². The van der Waals surface area contributed by atoms with Crippen molar-refractivity contribution >= 4 is 23.0 Å². The summed E-state index contributed by atoms with van der Waals surface area (Å²) < 4.78 is 0. The minimum atomic E-state index is -0.782. The van der Waals surface area contributed by atoms with Crippen LogP contribution in [0, 0.1) is 19.3 Å². The average molecular weight is 345 g/mol. The molecule has 0 saturated carbocycles. The lowest BCUT2D eigenvalue weighted by Crippen LogP contribution is -2.44. The molecule has 2 aromatic carbocycles. The molecule has 0 aromatic heterocycles. The number of para-hydroxylation sites is 1. The molecule has 1 fully saturated rings. The van der Waals surface area contributed by atoms with Crippen LogP contribution in [0.4, 0.5) is 11.4 Å². The van der Waals surface area contributed by atoms with Crippen molar-refractivity contribution in [2.75, 3.05) is 10.2 Å². The van der Waals surface area contributed by atoms with Crippen molar-refractivity contribution in [3.63, 3.8) is 0 Å². The van der Waals surface area contributed by atoms with Crippen LogP contribution in [-0.4, -0.2) is 17.2 Å². The molecule has 2 aliphatic rings. The van der Waals surface area contributed by atoms with Crippen molar-refractivity contribution in [3.8, 4) is 0 Å². The van der Waals surface area contributed by atoms with Gasteiger partial charge in [-0.1, -0.05) is 35.9 Å². The van der Waals surface area contributed by atoms with Crippen molar-refractivity contribution in [1.82, 2.24) is 0 Å². The summed E-state index contributed by atoms with van der Waals surface area (Å²) in [7, 11) is 0. The number of anilines is 2. The zero-order chi connectivity index (χ0) is 18.6. The highest BCUT2D eigenvalue weighted by atomic mass is 16.1. The van der Waals surface area contributed by atoms with Gasteiger partial charge >= 0.3 is 0 Å². The molecule has 132 valence electrons. The second-order valence-electron chi connectivity index (χ2n) is 7.67. The Morgan fingerprint density at radius 1 is 1.12 bits per heavy atom. The summed E-state index contributed by atoms with van der Waals surface area (Å²) in [6.07, 6.45) is 0.663. The molecule has 2 N–H and O–H groups in total. The maximum absolute atomic E-state index is 13.3. The van der Waals surface area contributed by atoms with Gasteiger partial charge in [0, 0.05) is 23.5 Å². The molecule has 0 bridgehead atoms. The van der Waals surface area contributed by atoms with Gasteiger partial charge in [0.25, 0.3) is 0 Å². The number of nitrogens with one attached hydrogen (secondary N) is 2. The molecule has 0 atom stereocenters. The molecule has 0 radical (unpaired) electrons. The summed E-state index contributed by atoms with van der Waals surface area (Å²) in [6.45, 7) is 7.89. The number of benzene rings is 2. The van der Waals surface area contributed by atoms with E-state index in [1.165, 1.54) is 11.1 Å². The summed E-state index contributed by atoms with van der Waals surface area (Å²) in [6, 6.07) is 14.2. The quantitative estimate of drug-likeness (QED) is 0.755. The van der Waals surface area contributed by atoms with Gasteiger partial charge < -0.3 is 10.2 Å². The Balaban J connectivity index is 1.82. The van der Waals surface area contributed by atoms with Crippen molar-refractivity contribution in [2.24, 2.45) is 0 Å². The first-order chi connectivity index (χ1) is 12.3. The van der Waals surface area contributed by atoms with Gasteiger partial charge in [-0.15, -0.1) is 0 Å². The molecule has 26 heavy (non-hydrogen) atoms. The number of rotatable bonds is 1. The molecule has 0 aliphatic carbocycles. The van der Waals surface area contributed by atoms with Crippen molar-refractivity contribution in [2.45, 2.75) is 39.7 Å². The third-order valence-corrected chi connectivity index (χ3v) is 5.37. The first kappa shape index (κ1) is 16.6. The molecule has 4 nitrogen and oxygen atoms in total. The van der Waals surface area contributed by atoms with Gasteiger partial charge in [-0.25, -0.2) is 0 Å². The molecule has 0 amide bonds. The lowest BCUT2D eigenvalue weighted by Gasteiger charge is -2.32. The molecule has 4 heteroatoms. The number of carbonyl (C=O) groups is 1. The molecule has 2 aliphatic heterocycles. The lowest BCUT2D eigenvalue weighted by atomic mass is 9.95. The van der Waals surface area contributed by atoms with E-state index in [1.807, 2.05) is 56.0 Å². The summed E-state index contributed by atoms with van der Waals surface area (Å²) in [5, 5.41) is 12.2. The average Bonchev–Trinajstić information content (AvgIpc) is 3.06. The molecule has 2 aromatic rings. The fourth-order valence-electron chi connectivity index (χ4n) is 4.01. The maximum atomic E-state index is 13.3. The van der Waals surface area contributed by atoms with E-state index in [9.17, 15) is 4.79 Å². The van der Waals surface area contributed by atoms with Crippen LogP contribution in [0.15, 0.2) is 53.7 Å². The molecule has 1 saturated heterocycles. The zero-order valence-electron chi connectivity index (χ0n) is 15.6. The normalized spacial score (nSPS) is 21.2. The van der Waals surface area contributed by atoms with E-state index < -0.39 is 5.54 Å². The van der Waals surface area contributed by atoms with E-state index >= 15 is 0 Å². The first-order valence-corrected chi connectivity index (χ1v) is 8.90. The number of fused-ring (bicyclic) bond motifs is 1. The second-order valence-corrected chi connectivity index (χ2v) is 7.67. The second kappa shape index (κ2) is 5.56. The van der Waals surface area contributed by atoms with Gasteiger partial charge in [0.15, 0.2) is 5.78 Å². The van der Waals surface area contributed by atoms with Crippen molar-refractivity contribution in [3.05, 3.63) is 70.4 Å². The highest BCUT2D eigenvalue weighted by molar-refractivity contribution is 6.36. The summed E-state index contributed by atoms with van der Waals surface area (Å²) in [5.41, 5.74) is 5.92. The van der Waals surface area contributed by atoms with Crippen LogP contribution in [0.5, 0.6) is 0 Å². The number of ketones is 1. The van der Waals surface area contributed by atoms with E-state index in [1.54, 1.807) is 0 Å². The minimum absolute atomic E-state index is 0.00205. The number of nitrogens with zero attached hydrogens (tertiary/aromatic N) is 1. The molecule has 0 spiro atoms. The van der Waals surface area contributed by atoms with Gasteiger partial charge in [-0.3, -0.25) is 10.2 Å². The van der Waals surface area contributed by atoms with Crippen LogP contribution in [0.1, 0.15) is 30.5 Å². The predicted molar refractivity (Wildman–Crippen MR) is 106 cm³/mol. The molecule has 4 rings (SSSR count). The number of hydrogen-bond donors (Lipinski definition) is 2. The first-order valence-electron chi connectivity index (χ1n) is 8.90. The number of aryl methyl sites for hydroxylation is 2. The SMILES string of the molecule is Cc1ccc(N2C(=N)C(=C3Cc4ccccc4N3)C(=O)C2(C)C)c(C)c1. The van der Waals surface area contributed by atoms with Crippen LogP contribution < -0.4 is 10.2 Å². The Labute approximate surface area is 154 Å². The maximum Gasteiger partial charge on any atom is 0.193 e. The standard InChI is InChI=1S/C22H23N3O/c1-13-9-10-18(14(2)11-13)25-21(23)19(20(26)22(25,3)4)17-12-15-7-5-6-8-16(15)24-17/h5-11,23-24H,12H2,1-4H3. The Kier molecular flexibility index (Phi) is 3.55. The largest absolute Gasteiger partial charge is 0.358 e. The fraction of sp³-hybridized carbons (Fsp3) is 0.273. The fourth-order valence-corrected chi connectivity index (χ4v) is 4.01. The molecular formula is C22H23N3O. The Bertz CT molecular complexity index is 958. The van der Waals surface area contributed by atoms with E-state index in [-0.39, 0.29) is 11.6 Å². The van der Waals surface area contributed by atoms with E-state index in [0.717, 1.165) is 22.6 Å². The van der Waals surface area contributed by atoms with Crippen LogP contribution in [0.25, 0.3) is 0 Å². The topological polar surface area (TPSA) is 56.2 Å². The number of hydrogen-bond acceptors (Lipinski definition) is 3. The lowest BCUT2D eigenvalue weighted by molar-refractivity contribution is -0.118. The molecule has 0 unspecified atom stereocenters. The Hall–Kier alpha value is -2.88. The smallest absolute Gasteiger partial charge is 0.193 e. The van der Waals surface area contributed by atoms with Crippen LogP contribution in [0.2, 0.25) is 0 Å². The molecule has 2 heterocycles. The van der Waals surface area contributed by atoms with Crippen LogP contribution in [0.3, 0.4) is 0 Å². The Morgan fingerprint density at radius 3 is 2.54 bits per heavy atom. The van der Waals surface area contributed by atoms with Crippen molar-refractivity contribution in [1.29, 1.82) is 5.41 Å². The van der Waals surface area contributed by atoms with Gasteiger partial charge in [0.1, 0.15) is 11.4 Å². The minimum Gasteiger partial charge on any atom is -0.358 e. The highest BCUT2D eigenvalue weighted by Gasteiger charge is 2.49. The number of amidine groups is 1. The number of allylic oxidation sites excluding steroid dienone is 1. The third kappa shape index (κ3) is 2.29. The summed E-state index contributed by atoms with van der Waals surface area (Å²) in [5.74, 6) is 0.278.